The van der Waals surface area contributed by atoms with Crippen molar-refractivity contribution in [2.75, 3.05) is 44.7 Å². The van der Waals surface area contributed by atoms with Crippen molar-refractivity contribution in [3.63, 3.8) is 0 Å². The minimum atomic E-state index is -0.0477. The maximum Gasteiger partial charge on any atom is 0.324 e. The molecule has 0 saturated carbocycles. The van der Waals surface area contributed by atoms with Crippen molar-refractivity contribution in [2.45, 2.75) is 57.9 Å². The zero-order valence-corrected chi connectivity index (χ0v) is 20.0. The van der Waals surface area contributed by atoms with E-state index >= 15 is 0 Å². The number of amides is 1. The van der Waals surface area contributed by atoms with E-state index in [0.29, 0.717) is 18.4 Å². The van der Waals surface area contributed by atoms with Gasteiger partial charge < -0.3 is 24.4 Å². The lowest BCUT2D eigenvalue weighted by molar-refractivity contribution is -0.125. The summed E-state index contributed by atoms with van der Waals surface area (Å²) in [4.78, 5) is 22.0. The summed E-state index contributed by atoms with van der Waals surface area (Å²) in [7, 11) is 1.64. The zero-order valence-electron chi connectivity index (χ0n) is 20.0. The minimum Gasteiger partial charge on any atom is -0.497 e. The summed E-state index contributed by atoms with van der Waals surface area (Å²) < 4.78 is 10.7. The average molecular weight is 456 g/mol. The van der Waals surface area contributed by atoms with Crippen LogP contribution in [-0.4, -0.2) is 66.8 Å². The van der Waals surface area contributed by atoms with Crippen molar-refractivity contribution in [3.05, 3.63) is 24.3 Å². The zero-order chi connectivity index (χ0) is 23.0. The quantitative estimate of drug-likeness (QED) is 0.577. The number of ether oxygens (including phenoxy) is 1. The highest BCUT2D eigenvalue weighted by Gasteiger charge is 2.28. The van der Waals surface area contributed by atoms with Crippen molar-refractivity contribution >= 4 is 11.9 Å². The van der Waals surface area contributed by atoms with E-state index in [9.17, 15) is 4.79 Å². The average Bonchev–Trinajstić information content (AvgIpc) is 3.37. The van der Waals surface area contributed by atoms with Crippen LogP contribution in [0.1, 0.15) is 51.9 Å². The number of benzene rings is 1. The molecule has 1 amide bonds. The summed E-state index contributed by atoms with van der Waals surface area (Å²) in [5.74, 6) is 1.42. The van der Waals surface area contributed by atoms with Crippen LogP contribution in [0.15, 0.2) is 28.8 Å². The Balaban J connectivity index is 1.25. The van der Waals surface area contributed by atoms with Crippen LogP contribution >= 0.6 is 0 Å². The lowest BCUT2D eigenvalue weighted by atomic mass is 9.97. The van der Waals surface area contributed by atoms with Gasteiger partial charge in [0.1, 0.15) is 5.75 Å². The predicted octanol–water partition coefficient (Wildman–Crippen LogP) is 3.73. The third kappa shape index (κ3) is 6.05. The van der Waals surface area contributed by atoms with Gasteiger partial charge in [0.2, 0.25) is 11.7 Å². The summed E-state index contributed by atoms with van der Waals surface area (Å²) in [6, 6.07) is 8.77. The number of piperidine rings is 2. The van der Waals surface area contributed by atoms with Gasteiger partial charge in [-0.2, -0.15) is 4.98 Å². The van der Waals surface area contributed by atoms with E-state index in [2.05, 4.69) is 27.3 Å². The van der Waals surface area contributed by atoms with Crippen molar-refractivity contribution in [2.24, 2.45) is 5.92 Å². The molecule has 8 heteroatoms. The number of rotatable bonds is 9. The first kappa shape index (κ1) is 23.5. The fraction of sp³-hybridized carbons (Fsp3) is 0.640. The number of carbonyl (C=O) groups excluding carboxylic acids is 1. The van der Waals surface area contributed by atoms with Gasteiger partial charge in [-0.25, -0.2) is 0 Å². The Bertz CT molecular complexity index is 884. The van der Waals surface area contributed by atoms with Gasteiger partial charge in [0.15, 0.2) is 0 Å². The fourth-order valence-corrected chi connectivity index (χ4v) is 5.02. The van der Waals surface area contributed by atoms with Crippen LogP contribution in [0.3, 0.4) is 0 Å². The summed E-state index contributed by atoms with van der Waals surface area (Å²) in [5, 5.41) is 7.30. The second kappa shape index (κ2) is 11.5. The smallest absolute Gasteiger partial charge is 0.324 e. The van der Waals surface area contributed by atoms with E-state index in [-0.39, 0.29) is 11.8 Å². The van der Waals surface area contributed by atoms with E-state index in [0.717, 1.165) is 56.3 Å². The summed E-state index contributed by atoms with van der Waals surface area (Å²) >= 11 is 0. The molecule has 0 aliphatic carbocycles. The molecule has 0 radical (unpaired) electrons. The van der Waals surface area contributed by atoms with E-state index in [4.69, 9.17) is 9.26 Å². The van der Waals surface area contributed by atoms with Gasteiger partial charge in [-0.1, -0.05) is 18.5 Å². The number of anilines is 1. The first-order chi connectivity index (χ1) is 16.2. The van der Waals surface area contributed by atoms with Crippen LogP contribution in [0.2, 0.25) is 0 Å². The number of methoxy groups -OCH3 is 1. The largest absolute Gasteiger partial charge is 0.497 e. The third-order valence-electron chi connectivity index (χ3n) is 6.97. The molecule has 0 bridgehead atoms. The molecule has 2 aliphatic heterocycles. The van der Waals surface area contributed by atoms with Crippen molar-refractivity contribution in [3.8, 4) is 17.1 Å². The van der Waals surface area contributed by atoms with Crippen LogP contribution < -0.4 is 15.0 Å². The molecule has 1 aromatic heterocycles. The number of aromatic nitrogens is 2. The van der Waals surface area contributed by atoms with Gasteiger partial charge in [0.05, 0.1) is 13.0 Å². The first-order valence-electron chi connectivity index (χ1n) is 12.4. The predicted molar refractivity (Wildman–Crippen MR) is 128 cm³/mol. The summed E-state index contributed by atoms with van der Waals surface area (Å²) in [6.45, 7) is 6.73. The molecular weight excluding hydrogens is 418 g/mol. The molecule has 3 heterocycles. The van der Waals surface area contributed by atoms with E-state index in [1.807, 2.05) is 29.2 Å². The molecule has 180 valence electrons. The second-order valence-corrected chi connectivity index (χ2v) is 9.15. The van der Waals surface area contributed by atoms with Gasteiger partial charge in [-0.3, -0.25) is 4.79 Å². The molecule has 2 fully saturated rings. The van der Waals surface area contributed by atoms with Gasteiger partial charge in [-0.15, -0.1) is 0 Å². The van der Waals surface area contributed by atoms with Gasteiger partial charge in [-0.05, 0) is 69.3 Å². The lowest BCUT2D eigenvalue weighted by Gasteiger charge is -2.35. The SMILES string of the molecule is CC[C@@H]1CCCCN1CCCNC(=O)[C@H]1CCCN(c2nc(-c3ccc(OC)cc3)no2)C1. The third-order valence-corrected chi connectivity index (χ3v) is 6.97. The number of likely N-dealkylation sites (tertiary alicyclic amines) is 1. The Labute approximate surface area is 196 Å². The molecule has 1 N–H and O–H groups in total. The molecule has 33 heavy (non-hydrogen) atoms. The lowest BCUT2D eigenvalue weighted by Crippen LogP contribution is -2.44. The summed E-state index contributed by atoms with van der Waals surface area (Å²) in [6.07, 6.45) is 8.03. The van der Waals surface area contributed by atoms with Gasteiger partial charge in [0.25, 0.3) is 0 Å². The Morgan fingerprint density at radius 2 is 2.03 bits per heavy atom. The highest BCUT2D eigenvalue weighted by Crippen LogP contribution is 2.26. The normalized spacial score (nSPS) is 21.7. The Kier molecular flexibility index (Phi) is 8.20. The number of nitrogens with zero attached hydrogens (tertiary/aromatic N) is 4. The molecule has 1 aromatic carbocycles. The van der Waals surface area contributed by atoms with Crippen molar-refractivity contribution in [1.29, 1.82) is 0 Å². The maximum absolute atomic E-state index is 12.8. The second-order valence-electron chi connectivity index (χ2n) is 9.15. The number of hydrogen-bond acceptors (Lipinski definition) is 7. The Morgan fingerprint density at radius 3 is 2.82 bits per heavy atom. The molecule has 0 spiro atoms. The van der Waals surface area contributed by atoms with Gasteiger partial charge in [0, 0.05) is 37.8 Å². The highest BCUT2D eigenvalue weighted by molar-refractivity contribution is 5.79. The van der Waals surface area contributed by atoms with E-state index < -0.39 is 0 Å². The van der Waals surface area contributed by atoms with Crippen LogP contribution in [0.25, 0.3) is 11.4 Å². The molecule has 2 atom stereocenters. The summed E-state index contributed by atoms with van der Waals surface area (Å²) in [5.41, 5.74) is 0.871. The van der Waals surface area contributed by atoms with Gasteiger partial charge >= 0.3 is 6.01 Å². The topological polar surface area (TPSA) is 83.7 Å². The number of nitrogens with one attached hydrogen (secondary N) is 1. The maximum atomic E-state index is 12.8. The molecular formula is C25H37N5O3. The molecule has 2 saturated heterocycles. The monoisotopic (exact) mass is 455 g/mol. The molecule has 8 nitrogen and oxygen atoms in total. The molecule has 0 unspecified atom stereocenters. The Morgan fingerprint density at radius 1 is 1.18 bits per heavy atom. The minimum absolute atomic E-state index is 0.0477. The van der Waals surface area contributed by atoms with Crippen LogP contribution in [0.4, 0.5) is 6.01 Å². The first-order valence-corrected chi connectivity index (χ1v) is 12.4. The van der Waals surface area contributed by atoms with Crippen LogP contribution in [0, 0.1) is 5.92 Å². The van der Waals surface area contributed by atoms with Crippen LogP contribution in [-0.2, 0) is 4.79 Å². The number of hydrogen-bond donors (Lipinski definition) is 1. The van der Waals surface area contributed by atoms with Crippen LogP contribution in [0.5, 0.6) is 5.75 Å². The standard InChI is InChI=1S/C25H37N5O3/c1-3-21-9-4-5-15-29(21)17-7-14-26-24(31)20-8-6-16-30(18-20)25-27-23(28-33-25)19-10-12-22(32-2)13-11-19/h10-13,20-21H,3-9,14-18H2,1-2H3,(H,26,31)/t20-,21+/m0/s1. The van der Waals surface area contributed by atoms with E-state index in [1.54, 1.807) is 7.11 Å². The molecule has 2 aliphatic rings. The molecule has 2 aromatic rings. The Hall–Kier alpha value is -2.61. The highest BCUT2D eigenvalue weighted by atomic mass is 16.5. The van der Waals surface area contributed by atoms with E-state index in [1.165, 1.54) is 32.2 Å². The fourth-order valence-electron chi connectivity index (χ4n) is 5.02. The number of carbonyl (C=O) groups is 1. The van der Waals surface area contributed by atoms with Crippen molar-refractivity contribution in [1.82, 2.24) is 20.4 Å². The van der Waals surface area contributed by atoms with Crippen molar-refractivity contribution < 1.29 is 14.1 Å². The molecule has 4 rings (SSSR count).